The van der Waals surface area contributed by atoms with Crippen molar-refractivity contribution in [1.82, 2.24) is 0 Å². The molecule has 0 unspecified atom stereocenters. The van der Waals surface area contributed by atoms with E-state index in [-0.39, 0.29) is 5.91 Å². The van der Waals surface area contributed by atoms with Gasteiger partial charge in [0, 0.05) is 12.1 Å². The van der Waals surface area contributed by atoms with Gasteiger partial charge in [-0.3, -0.25) is 4.79 Å². The van der Waals surface area contributed by atoms with Crippen LogP contribution in [0.25, 0.3) is 0 Å². The molecule has 0 heterocycles. The van der Waals surface area contributed by atoms with Gasteiger partial charge in [-0.15, -0.1) is 0 Å². The summed E-state index contributed by atoms with van der Waals surface area (Å²) < 4.78 is 0. The summed E-state index contributed by atoms with van der Waals surface area (Å²) in [6.07, 6.45) is 3.88. The molecule has 0 saturated heterocycles. The number of hydrogen-bond acceptors (Lipinski definition) is 1. The summed E-state index contributed by atoms with van der Waals surface area (Å²) in [5.74, 6) is 0.118. The Morgan fingerprint density at radius 3 is 2.47 bits per heavy atom. The van der Waals surface area contributed by atoms with Crippen molar-refractivity contribution in [1.29, 1.82) is 0 Å². The average Bonchev–Trinajstić information content (AvgIpc) is 2.22. The number of benzene rings is 1. The molecule has 0 aliphatic carbocycles. The molecule has 2 nitrogen and oxygen atoms in total. The summed E-state index contributed by atoms with van der Waals surface area (Å²) in [6.45, 7) is 4.17. The van der Waals surface area contributed by atoms with E-state index in [2.05, 4.69) is 12.2 Å². The lowest BCUT2D eigenvalue weighted by molar-refractivity contribution is -0.116. The monoisotopic (exact) mass is 205 g/mol. The second-order valence-corrected chi connectivity index (χ2v) is 3.87. The zero-order chi connectivity index (χ0) is 11.1. The Hall–Kier alpha value is -1.31. The first kappa shape index (κ1) is 11.8. The van der Waals surface area contributed by atoms with Crippen LogP contribution >= 0.6 is 0 Å². The maximum Gasteiger partial charge on any atom is 0.224 e. The van der Waals surface area contributed by atoms with Gasteiger partial charge in [0.2, 0.25) is 5.91 Å². The minimum absolute atomic E-state index is 0.118. The van der Waals surface area contributed by atoms with E-state index < -0.39 is 0 Å². The van der Waals surface area contributed by atoms with Crippen molar-refractivity contribution < 1.29 is 4.79 Å². The van der Waals surface area contributed by atoms with Crippen LogP contribution in [-0.4, -0.2) is 5.91 Å². The highest BCUT2D eigenvalue weighted by molar-refractivity contribution is 5.90. The first-order valence-corrected chi connectivity index (χ1v) is 5.59. The Kier molecular flexibility index (Phi) is 4.88. The van der Waals surface area contributed by atoms with Crippen molar-refractivity contribution in [2.24, 2.45) is 0 Å². The second-order valence-electron chi connectivity index (χ2n) is 3.87. The summed E-state index contributed by atoms with van der Waals surface area (Å²) in [6, 6.07) is 7.88. The molecule has 1 aromatic rings. The third-order valence-corrected chi connectivity index (χ3v) is 2.34. The molecule has 0 radical (unpaired) electrons. The van der Waals surface area contributed by atoms with Crippen LogP contribution in [0.15, 0.2) is 24.3 Å². The molecule has 2 heteroatoms. The number of rotatable bonds is 5. The first-order valence-electron chi connectivity index (χ1n) is 5.59. The summed E-state index contributed by atoms with van der Waals surface area (Å²) >= 11 is 0. The highest BCUT2D eigenvalue weighted by Crippen LogP contribution is 2.09. The molecule has 0 saturated carbocycles. The zero-order valence-electron chi connectivity index (χ0n) is 9.55. The lowest BCUT2D eigenvalue weighted by atomic mass is 10.2. The largest absolute Gasteiger partial charge is 0.326 e. The predicted octanol–water partition coefficient (Wildman–Crippen LogP) is 3.51. The Morgan fingerprint density at radius 1 is 1.20 bits per heavy atom. The van der Waals surface area contributed by atoms with Gasteiger partial charge in [-0.2, -0.15) is 0 Å². The number of carbonyl (C=O) groups is 1. The summed E-state index contributed by atoms with van der Waals surface area (Å²) in [7, 11) is 0. The maximum atomic E-state index is 11.5. The molecule has 0 aromatic heterocycles. The highest BCUT2D eigenvalue weighted by atomic mass is 16.1. The maximum absolute atomic E-state index is 11.5. The molecule has 0 aliphatic heterocycles. The van der Waals surface area contributed by atoms with Crippen molar-refractivity contribution in [3.8, 4) is 0 Å². The fourth-order valence-corrected chi connectivity index (χ4v) is 1.40. The summed E-state index contributed by atoms with van der Waals surface area (Å²) in [5.41, 5.74) is 2.10. The normalized spacial score (nSPS) is 10.0. The van der Waals surface area contributed by atoms with Crippen molar-refractivity contribution in [3.63, 3.8) is 0 Å². The van der Waals surface area contributed by atoms with Gasteiger partial charge in [0.1, 0.15) is 0 Å². The molecule has 0 atom stereocenters. The molecule has 0 fully saturated rings. The number of nitrogens with one attached hydrogen (secondary N) is 1. The summed E-state index contributed by atoms with van der Waals surface area (Å²) in [5, 5.41) is 2.89. The Balaban J connectivity index is 2.34. The van der Waals surface area contributed by atoms with Gasteiger partial charge < -0.3 is 5.32 Å². The smallest absolute Gasteiger partial charge is 0.224 e. The first-order chi connectivity index (χ1) is 7.22. The third-order valence-electron chi connectivity index (χ3n) is 2.34. The lowest BCUT2D eigenvalue weighted by Gasteiger charge is -2.04. The minimum Gasteiger partial charge on any atom is -0.326 e. The molecule has 1 aromatic carbocycles. The van der Waals surface area contributed by atoms with E-state index in [9.17, 15) is 4.79 Å². The number of aryl methyl sites for hydroxylation is 1. The number of anilines is 1. The highest BCUT2D eigenvalue weighted by Gasteiger charge is 2.00. The molecule has 0 spiro atoms. The van der Waals surface area contributed by atoms with Crippen LogP contribution in [0.3, 0.4) is 0 Å². The molecule has 1 rings (SSSR count). The van der Waals surface area contributed by atoms with Crippen LogP contribution in [-0.2, 0) is 4.79 Å². The van der Waals surface area contributed by atoms with Gasteiger partial charge in [0.05, 0.1) is 0 Å². The number of unbranched alkanes of at least 4 members (excludes halogenated alkanes) is 2. The van der Waals surface area contributed by atoms with Gasteiger partial charge in [-0.25, -0.2) is 0 Å². The molecule has 1 amide bonds. The lowest BCUT2D eigenvalue weighted by Crippen LogP contribution is -2.10. The fraction of sp³-hybridized carbons (Fsp3) is 0.462. The van der Waals surface area contributed by atoms with E-state index in [1.54, 1.807) is 0 Å². The topological polar surface area (TPSA) is 29.1 Å². The van der Waals surface area contributed by atoms with E-state index >= 15 is 0 Å². The standard InChI is InChI=1S/C13H19NO/c1-3-4-5-6-13(15)14-12-9-7-11(2)8-10-12/h7-10H,3-6H2,1-2H3,(H,14,15). The Morgan fingerprint density at radius 2 is 1.87 bits per heavy atom. The molecule has 0 bridgehead atoms. The number of hydrogen-bond donors (Lipinski definition) is 1. The van der Waals surface area contributed by atoms with Gasteiger partial charge in [-0.05, 0) is 25.5 Å². The molecule has 15 heavy (non-hydrogen) atoms. The molecule has 82 valence electrons. The third kappa shape index (κ3) is 4.63. The summed E-state index contributed by atoms with van der Waals surface area (Å²) in [4.78, 5) is 11.5. The van der Waals surface area contributed by atoms with Crippen LogP contribution in [0.2, 0.25) is 0 Å². The fourth-order valence-electron chi connectivity index (χ4n) is 1.40. The quantitative estimate of drug-likeness (QED) is 0.732. The van der Waals surface area contributed by atoms with E-state index in [4.69, 9.17) is 0 Å². The average molecular weight is 205 g/mol. The second kappa shape index (κ2) is 6.23. The van der Waals surface area contributed by atoms with Crippen LogP contribution < -0.4 is 5.32 Å². The number of amides is 1. The molecule has 0 aliphatic rings. The molecule has 1 N–H and O–H groups in total. The van der Waals surface area contributed by atoms with E-state index in [0.717, 1.165) is 24.9 Å². The van der Waals surface area contributed by atoms with Gasteiger partial charge in [0.15, 0.2) is 0 Å². The Bertz CT molecular complexity index is 303. The molecular weight excluding hydrogens is 186 g/mol. The zero-order valence-corrected chi connectivity index (χ0v) is 9.55. The van der Waals surface area contributed by atoms with Crippen molar-refractivity contribution >= 4 is 11.6 Å². The van der Waals surface area contributed by atoms with Crippen LogP contribution in [0.1, 0.15) is 38.2 Å². The number of carbonyl (C=O) groups excluding carboxylic acids is 1. The van der Waals surface area contributed by atoms with Crippen molar-refractivity contribution in [3.05, 3.63) is 29.8 Å². The Labute approximate surface area is 91.7 Å². The predicted molar refractivity (Wildman–Crippen MR) is 64.0 cm³/mol. The van der Waals surface area contributed by atoms with Gasteiger partial charge >= 0.3 is 0 Å². The van der Waals surface area contributed by atoms with Crippen molar-refractivity contribution in [2.75, 3.05) is 5.32 Å². The molecular formula is C13H19NO. The van der Waals surface area contributed by atoms with Gasteiger partial charge in [0.25, 0.3) is 0 Å². The van der Waals surface area contributed by atoms with Crippen molar-refractivity contribution in [2.45, 2.75) is 39.5 Å². The SMILES string of the molecule is CCCCCC(=O)Nc1ccc(C)cc1. The van der Waals surface area contributed by atoms with Crippen LogP contribution in [0.5, 0.6) is 0 Å². The minimum atomic E-state index is 0.118. The van der Waals surface area contributed by atoms with E-state index in [1.807, 2.05) is 31.2 Å². The van der Waals surface area contributed by atoms with Crippen LogP contribution in [0.4, 0.5) is 5.69 Å². The van der Waals surface area contributed by atoms with Crippen LogP contribution in [0, 0.1) is 6.92 Å². The van der Waals surface area contributed by atoms with Gasteiger partial charge in [-0.1, -0.05) is 37.5 Å². The van der Waals surface area contributed by atoms with E-state index in [0.29, 0.717) is 6.42 Å². The van der Waals surface area contributed by atoms with E-state index in [1.165, 1.54) is 5.56 Å².